The highest BCUT2D eigenvalue weighted by molar-refractivity contribution is 5.38. The van der Waals surface area contributed by atoms with Crippen LogP contribution in [0.15, 0.2) is 36.4 Å². The number of aliphatic hydroxyl groups excluding tert-OH is 1. The summed E-state index contributed by atoms with van der Waals surface area (Å²) >= 11 is 0. The zero-order chi connectivity index (χ0) is 13.1. The Hall–Kier alpha value is -2.01. The van der Waals surface area contributed by atoms with Crippen LogP contribution in [-0.4, -0.2) is 5.11 Å². The van der Waals surface area contributed by atoms with Crippen LogP contribution >= 0.6 is 0 Å². The predicted molar refractivity (Wildman–Crippen MR) is 58.8 cm³/mol. The van der Waals surface area contributed by atoms with Gasteiger partial charge in [0.1, 0.15) is 29.0 Å². The maximum Gasteiger partial charge on any atom is 0.133 e. The topological polar surface area (TPSA) is 29.5 Å². The Kier molecular flexibility index (Phi) is 3.53. The maximum absolute atomic E-state index is 12.9. The summed E-state index contributed by atoms with van der Waals surface area (Å²) in [5, 5.41) is 9.04. The van der Waals surface area contributed by atoms with Gasteiger partial charge in [-0.05, 0) is 18.2 Å². The first-order valence-electron chi connectivity index (χ1n) is 5.12. The summed E-state index contributed by atoms with van der Waals surface area (Å²) in [4.78, 5) is 0. The fourth-order valence-corrected chi connectivity index (χ4v) is 1.49. The van der Waals surface area contributed by atoms with Crippen LogP contribution in [0.3, 0.4) is 0 Å². The van der Waals surface area contributed by atoms with Gasteiger partial charge in [0, 0.05) is 23.8 Å². The summed E-state index contributed by atoms with van der Waals surface area (Å²) in [6.45, 7) is -0.440. The molecule has 0 amide bonds. The number of halogens is 3. The smallest absolute Gasteiger partial charge is 0.133 e. The average molecular weight is 254 g/mol. The molecular weight excluding hydrogens is 245 g/mol. The lowest BCUT2D eigenvalue weighted by atomic mass is 10.2. The third kappa shape index (κ3) is 2.81. The van der Waals surface area contributed by atoms with Crippen LogP contribution in [0.25, 0.3) is 0 Å². The molecule has 94 valence electrons. The molecule has 2 aromatic carbocycles. The second-order valence-corrected chi connectivity index (χ2v) is 3.62. The summed E-state index contributed by atoms with van der Waals surface area (Å²) in [5.74, 6) is -2.01. The normalized spacial score (nSPS) is 10.4. The molecule has 0 fully saturated rings. The van der Waals surface area contributed by atoms with Crippen molar-refractivity contribution in [2.45, 2.75) is 6.61 Å². The molecule has 0 aromatic heterocycles. The lowest BCUT2D eigenvalue weighted by molar-refractivity contribution is 0.275. The van der Waals surface area contributed by atoms with Crippen LogP contribution in [0.5, 0.6) is 11.5 Å². The van der Waals surface area contributed by atoms with Gasteiger partial charge >= 0.3 is 0 Å². The molecule has 0 bridgehead atoms. The molecule has 0 saturated carbocycles. The molecule has 18 heavy (non-hydrogen) atoms. The van der Waals surface area contributed by atoms with Crippen LogP contribution in [0.1, 0.15) is 5.56 Å². The van der Waals surface area contributed by atoms with E-state index in [2.05, 4.69) is 0 Å². The van der Waals surface area contributed by atoms with E-state index in [1.165, 1.54) is 6.07 Å². The molecule has 2 rings (SSSR count). The maximum atomic E-state index is 12.9. The Bertz CT molecular complexity index is 550. The highest BCUT2D eigenvalue weighted by atomic mass is 19.1. The molecule has 5 heteroatoms. The molecule has 0 unspecified atom stereocenters. The Morgan fingerprint density at radius 1 is 0.889 bits per heavy atom. The number of hydrogen-bond acceptors (Lipinski definition) is 2. The van der Waals surface area contributed by atoms with E-state index >= 15 is 0 Å². The Balaban J connectivity index is 2.33. The molecule has 0 radical (unpaired) electrons. The molecular formula is C13H9F3O2. The average Bonchev–Trinajstić information content (AvgIpc) is 2.30. The Morgan fingerprint density at radius 3 is 2.17 bits per heavy atom. The molecule has 0 aliphatic rings. The zero-order valence-electron chi connectivity index (χ0n) is 9.16. The summed E-state index contributed by atoms with van der Waals surface area (Å²) < 4.78 is 44.0. The van der Waals surface area contributed by atoms with Gasteiger partial charge in [-0.3, -0.25) is 0 Å². The second-order valence-electron chi connectivity index (χ2n) is 3.62. The molecule has 2 aromatic rings. The van der Waals surface area contributed by atoms with Gasteiger partial charge in [-0.15, -0.1) is 0 Å². The highest BCUT2D eigenvalue weighted by Crippen LogP contribution is 2.27. The van der Waals surface area contributed by atoms with Gasteiger partial charge in [0.2, 0.25) is 0 Å². The summed E-state index contributed by atoms with van der Waals surface area (Å²) in [5.41, 5.74) is 0.194. The fourth-order valence-electron chi connectivity index (χ4n) is 1.49. The highest BCUT2D eigenvalue weighted by Gasteiger charge is 2.08. The molecule has 0 spiro atoms. The van der Waals surface area contributed by atoms with E-state index in [0.717, 1.165) is 24.3 Å². The molecule has 0 aliphatic carbocycles. The molecule has 1 N–H and O–H groups in total. The minimum atomic E-state index is -0.780. The van der Waals surface area contributed by atoms with Crippen molar-refractivity contribution in [2.24, 2.45) is 0 Å². The number of benzene rings is 2. The van der Waals surface area contributed by atoms with Crippen molar-refractivity contribution >= 4 is 0 Å². The van der Waals surface area contributed by atoms with Crippen molar-refractivity contribution in [1.29, 1.82) is 0 Å². The largest absolute Gasteiger partial charge is 0.457 e. The summed E-state index contributed by atoms with van der Waals surface area (Å²) in [6.07, 6.45) is 0. The van der Waals surface area contributed by atoms with Crippen molar-refractivity contribution < 1.29 is 23.0 Å². The first-order chi connectivity index (χ1) is 8.58. The van der Waals surface area contributed by atoms with Crippen LogP contribution in [0.2, 0.25) is 0 Å². The summed E-state index contributed by atoms with van der Waals surface area (Å²) in [7, 11) is 0. The van der Waals surface area contributed by atoms with Crippen LogP contribution in [-0.2, 0) is 6.61 Å². The van der Waals surface area contributed by atoms with Gasteiger partial charge < -0.3 is 9.84 Å². The standard InChI is InChI=1S/C13H9F3O2/c14-9-1-2-13(8(3-9)7-17)18-12-5-10(15)4-11(16)6-12/h1-6,17H,7H2. The minimum absolute atomic E-state index is 0.0613. The van der Waals surface area contributed by atoms with E-state index in [1.807, 2.05) is 0 Å². The van der Waals surface area contributed by atoms with Gasteiger partial charge in [-0.1, -0.05) is 0 Å². The fraction of sp³-hybridized carbons (Fsp3) is 0.0769. The van der Waals surface area contributed by atoms with Crippen molar-refractivity contribution in [3.8, 4) is 11.5 Å². The van der Waals surface area contributed by atoms with Gasteiger partial charge in [-0.25, -0.2) is 13.2 Å². The third-order valence-electron chi connectivity index (χ3n) is 2.26. The van der Waals surface area contributed by atoms with Crippen LogP contribution < -0.4 is 4.74 Å². The lowest BCUT2D eigenvalue weighted by Crippen LogP contribution is -1.94. The monoisotopic (exact) mass is 254 g/mol. The molecule has 2 nitrogen and oxygen atoms in total. The lowest BCUT2D eigenvalue weighted by Gasteiger charge is -2.10. The minimum Gasteiger partial charge on any atom is -0.457 e. The molecule has 0 atom stereocenters. The first-order valence-corrected chi connectivity index (χ1v) is 5.12. The SMILES string of the molecule is OCc1cc(F)ccc1Oc1cc(F)cc(F)c1. The Morgan fingerprint density at radius 2 is 1.56 bits per heavy atom. The van der Waals surface area contributed by atoms with Gasteiger partial charge in [0.05, 0.1) is 6.61 Å². The van der Waals surface area contributed by atoms with Crippen molar-refractivity contribution in [1.82, 2.24) is 0 Å². The van der Waals surface area contributed by atoms with E-state index in [-0.39, 0.29) is 17.1 Å². The van der Waals surface area contributed by atoms with Gasteiger partial charge in [0.15, 0.2) is 0 Å². The number of rotatable bonds is 3. The van der Waals surface area contributed by atoms with Gasteiger partial charge in [-0.2, -0.15) is 0 Å². The molecule has 0 saturated heterocycles. The van der Waals surface area contributed by atoms with E-state index in [9.17, 15) is 13.2 Å². The third-order valence-corrected chi connectivity index (χ3v) is 2.26. The van der Waals surface area contributed by atoms with E-state index in [0.29, 0.717) is 6.07 Å². The van der Waals surface area contributed by atoms with Crippen molar-refractivity contribution in [2.75, 3.05) is 0 Å². The molecule has 0 heterocycles. The quantitative estimate of drug-likeness (QED) is 0.909. The van der Waals surface area contributed by atoms with E-state index < -0.39 is 24.1 Å². The van der Waals surface area contributed by atoms with Crippen molar-refractivity contribution in [3.63, 3.8) is 0 Å². The summed E-state index contributed by atoms with van der Waals surface area (Å²) in [6, 6.07) is 6.20. The first kappa shape index (κ1) is 12.4. The van der Waals surface area contributed by atoms with Gasteiger partial charge in [0.25, 0.3) is 0 Å². The van der Waals surface area contributed by atoms with E-state index in [1.54, 1.807) is 0 Å². The predicted octanol–water partition coefficient (Wildman–Crippen LogP) is 3.39. The number of hydrogen-bond donors (Lipinski definition) is 1. The van der Waals surface area contributed by atoms with Crippen LogP contribution in [0, 0.1) is 17.5 Å². The molecule has 0 aliphatic heterocycles. The van der Waals surface area contributed by atoms with E-state index in [4.69, 9.17) is 9.84 Å². The van der Waals surface area contributed by atoms with Crippen LogP contribution in [0.4, 0.5) is 13.2 Å². The second kappa shape index (κ2) is 5.10. The number of aliphatic hydroxyl groups is 1. The Labute approximate surface area is 101 Å². The zero-order valence-corrected chi connectivity index (χ0v) is 9.16. The van der Waals surface area contributed by atoms with Crippen molar-refractivity contribution in [3.05, 3.63) is 59.4 Å². The number of ether oxygens (including phenoxy) is 1.